The number of aryl methyl sites for hydroxylation is 1. The molecule has 0 atom stereocenters. The second-order valence-electron chi connectivity index (χ2n) is 5.38. The quantitative estimate of drug-likeness (QED) is 0.673. The molecule has 0 fully saturated rings. The van der Waals surface area contributed by atoms with E-state index < -0.39 is 0 Å². The van der Waals surface area contributed by atoms with Crippen LogP contribution in [0.2, 0.25) is 0 Å². The molecule has 0 spiro atoms. The van der Waals surface area contributed by atoms with E-state index >= 15 is 0 Å². The van der Waals surface area contributed by atoms with Crippen LogP contribution < -0.4 is 11.1 Å². The second kappa shape index (κ2) is 6.79. The third-order valence-electron chi connectivity index (χ3n) is 3.64. The van der Waals surface area contributed by atoms with Crippen molar-refractivity contribution in [3.05, 3.63) is 30.1 Å². The van der Waals surface area contributed by atoms with Crippen molar-refractivity contribution in [3.63, 3.8) is 0 Å². The Hall–Kier alpha value is -2.74. The van der Waals surface area contributed by atoms with Gasteiger partial charge in [0.15, 0.2) is 5.65 Å². The zero-order valence-corrected chi connectivity index (χ0v) is 13.6. The number of halogens is 1. The molecule has 0 aliphatic carbocycles. The number of nitrogens with two attached hydrogens (primary N) is 1. The Kier molecular flexibility index (Phi) is 4.57. The minimum atomic E-state index is -0.300. The van der Waals surface area contributed by atoms with Crippen LogP contribution in [0.15, 0.2) is 24.3 Å². The monoisotopic (exact) mass is 330 g/mol. The maximum absolute atomic E-state index is 13.1. The molecule has 2 heterocycles. The number of nitrogens with zero attached hydrogens (tertiary/aromatic N) is 4. The predicted molar refractivity (Wildman–Crippen MR) is 91.1 cm³/mol. The van der Waals surface area contributed by atoms with Crippen LogP contribution in [0.25, 0.3) is 22.3 Å². The number of hydrogen-bond donors (Lipinski definition) is 2. The van der Waals surface area contributed by atoms with Gasteiger partial charge >= 0.3 is 0 Å². The average molecular weight is 330 g/mol. The summed E-state index contributed by atoms with van der Waals surface area (Å²) >= 11 is 0. The number of benzene rings is 1. The molecule has 0 saturated carbocycles. The van der Waals surface area contributed by atoms with E-state index in [2.05, 4.69) is 20.4 Å². The molecule has 0 saturated heterocycles. The summed E-state index contributed by atoms with van der Waals surface area (Å²) in [5, 5.41) is 8.25. The van der Waals surface area contributed by atoms with Crippen LogP contribution in [0, 0.1) is 5.82 Å². The maximum Gasteiger partial charge on any atom is 0.226 e. The maximum atomic E-state index is 13.1. The lowest BCUT2D eigenvalue weighted by atomic mass is 10.1. The molecule has 1 aromatic carbocycles. The zero-order valence-electron chi connectivity index (χ0n) is 13.6. The van der Waals surface area contributed by atoms with Gasteiger partial charge in [-0.15, -0.1) is 0 Å². The van der Waals surface area contributed by atoms with E-state index in [1.54, 1.807) is 31.0 Å². The van der Waals surface area contributed by atoms with Crippen molar-refractivity contribution in [1.29, 1.82) is 0 Å². The molecular weight excluding hydrogens is 311 g/mol. The van der Waals surface area contributed by atoms with Gasteiger partial charge in [0.1, 0.15) is 17.3 Å². The third kappa shape index (κ3) is 3.13. The first-order valence-electron chi connectivity index (χ1n) is 7.59. The molecule has 0 unspecified atom stereocenters. The number of anilines is 2. The van der Waals surface area contributed by atoms with Gasteiger partial charge in [-0.3, -0.25) is 0 Å². The first-order chi connectivity index (χ1) is 11.6. The Balaban J connectivity index is 1.97. The van der Waals surface area contributed by atoms with Gasteiger partial charge < -0.3 is 15.8 Å². The zero-order chi connectivity index (χ0) is 17.1. The summed E-state index contributed by atoms with van der Waals surface area (Å²) in [6.45, 7) is 1.34. The molecule has 0 bridgehead atoms. The highest BCUT2D eigenvalue weighted by Crippen LogP contribution is 2.30. The first-order valence-corrected chi connectivity index (χ1v) is 7.59. The van der Waals surface area contributed by atoms with E-state index in [1.165, 1.54) is 12.1 Å². The summed E-state index contributed by atoms with van der Waals surface area (Å²) in [6.07, 6.45) is 0.837. The molecular formula is C16H19FN6O. The van der Waals surface area contributed by atoms with Crippen molar-refractivity contribution in [3.8, 4) is 11.3 Å². The molecule has 0 aliphatic rings. The van der Waals surface area contributed by atoms with E-state index in [9.17, 15) is 4.39 Å². The van der Waals surface area contributed by atoms with Gasteiger partial charge in [-0.05, 0) is 30.7 Å². The van der Waals surface area contributed by atoms with Gasteiger partial charge in [0.25, 0.3) is 0 Å². The number of hydrogen-bond acceptors (Lipinski definition) is 6. The van der Waals surface area contributed by atoms with E-state index in [4.69, 9.17) is 10.5 Å². The fourth-order valence-electron chi connectivity index (χ4n) is 2.48. The Morgan fingerprint density at radius 1 is 1.25 bits per heavy atom. The first kappa shape index (κ1) is 16.1. The predicted octanol–water partition coefficient (Wildman–Crippen LogP) is 2.20. The lowest BCUT2D eigenvalue weighted by molar-refractivity contribution is 0.197. The third-order valence-corrected chi connectivity index (χ3v) is 3.64. The van der Waals surface area contributed by atoms with E-state index in [-0.39, 0.29) is 5.82 Å². The minimum absolute atomic E-state index is 0.300. The molecule has 3 aromatic rings. The Labute approximate surface area is 138 Å². The lowest BCUT2D eigenvalue weighted by Crippen LogP contribution is -2.09. The van der Waals surface area contributed by atoms with E-state index in [1.807, 2.05) is 0 Å². The molecule has 24 heavy (non-hydrogen) atoms. The van der Waals surface area contributed by atoms with Crippen LogP contribution in [0.4, 0.5) is 16.2 Å². The summed E-state index contributed by atoms with van der Waals surface area (Å²) in [6, 6.07) is 6.10. The van der Waals surface area contributed by atoms with E-state index in [0.717, 1.165) is 12.0 Å². The molecule has 126 valence electrons. The summed E-state index contributed by atoms with van der Waals surface area (Å²) in [7, 11) is 3.45. The standard InChI is InChI=1S/C16H19FN6O/c1-23-15-12(13(22-23)10-4-6-11(17)7-5-10)14(18)20-16(21-15)19-8-3-9-24-2/h4-7H,3,8-9H2,1-2H3,(H3,18,19,20,21). The highest BCUT2D eigenvalue weighted by molar-refractivity contribution is 5.98. The van der Waals surface area contributed by atoms with Gasteiger partial charge in [-0.1, -0.05) is 0 Å². The second-order valence-corrected chi connectivity index (χ2v) is 5.38. The molecule has 3 rings (SSSR count). The molecule has 0 amide bonds. The Morgan fingerprint density at radius 2 is 2.00 bits per heavy atom. The van der Waals surface area contributed by atoms with Crippen LogP contribution in [-0.4, -0.2) is 40.0 Å². The van der Waals surface area contributed by atoms with Crippen LogP contribution in [0.3, 0.4) is 0 Å². The van der Waals surface area contributed by atoms with Crippen LogP contribution >= 0.6 is 0 Å². The van der Waals surface area contributed by atoms with Gasteiger partial charge in [-0.25, -0.2) is 9.07 Å². The Bertz CT molecular complexity index is 846. The van der Waals surface area contributed by atoms with Gasteiger partial charge in [0.05, 0.1) is 5.39 Å². The van der Waals surface area contributed by atoms with E-state index in [0.29, 0.717) is 41.6 Å². The highest BCUT2D eigenvalue weighted by atomic mass is 19.1. The topological polar surface area (TPSA) is 90.9 Å². The number of fused-ring (bicyclic) bond motifs is 1. The smallest absolute Gasteiger partial charge is 0.226 e. The van der Waals surface area contributed by atoms with Gasteiger partial charge in [0.2, 0.25) is 5.95 Å². The van der Waals surface area contributed by atoms with Crippen LogP contribution in [0.1, 0.15) is 6.42 Å². The Morgan fingerprint density at radius 3 is 2.71 bits per heavy atom. The van der Waals surface area contributed by atoms with Crippen molar-refractivity contribution >= 4 is 22.8 Å². The van der Waals surface area contributed by atoms with Crippen molar-refractivity contribution in [2.45, 2.75) is 6.42 Å². The number of aromatic nitrogens is 4. The van der Waals surface area contributed by atoms with Crippen LogP contribution in [-0.2, 0) is 11.8 Å². The number of nitrogens with one attached hydrogen (secondary N) is 1. The van der Waals surface area contributed by atoms with Crippen molar-refractivity contribution in [2.24, 2.45) is 7.05 Å². The van der Waals surface area contributed by atoms with Gasteiger partial charge in [-0.2, -0.15) is 15.1 Å². The summed E-state index contributed by atoms with van der Waals surface area (Å²) in [5.41, 5.74) is 8.14. The molecule has 0 aliphatic heterocycles. The summed E-state index contributed by atoms with van der Waals surface area (Å²) < 4.78 is 19.8. The molecule has 3 N–H and O–H groups in total. The largest absolute Gasteiger partial charge is 0.385 e. The highest BCUT2D eigenvalue weighted by Gasteiger charge is 2.17. The molecule has 8 heteroatoms. The lowest BCUT2D eigenvalue weighted by Gasteiger charge is -2.06. The SMILES string of the molecule is COCCCNc1nc(N)c2c(-c3ccc(F)cc3)nn(C)c2n1. The number of ether oxygens (including phenoxy) is 1. The summed E-state index contributed by atoms with van der Waals surface area (Å²) in [5.74, 6) is 0.483. The fraction of sp³-hybridized carbons (Fsp3) is 0.312. The molecule has 2 aromatic heterocycles. The van der Waals surface area contributed by atoms with Crippen LogP contribution in [0.5, 0.6) is 0 Å². The number of nitrogen functional groups attached to an aromatic ring is 1. The fourth-order valence-corrected chi connectivity index (χ4v) is 2.48. The molecule has 7 nitrogen and oxygen atoms in total. The number of methoxy groups -OCH3 is 1. The van der Waals surface area contributed by atoms with Crippen molar-refractivity contribution < 1.29 is 9.13 Å². The number of rotatable bonds is 6. The van der Waals surface area contributed by atoms with Crippen molar-refractivity contribution in [1.82, 2.24) is 19.7 Å². The normalized spacial score (nSPS) is 11.1. The van der Waals surface area contributed by atoms with Crippen molar-refractivity contribution in [2.75, 3.05) is 31.3 Å². The average Bonchev–Trinajstić information content (AvgIpc) is 2.90. The summed E-state index contributed by atoms with van der Waals surface area (Å²) in [4.78, 5) is 8.78. The van der Waals surface area contributed by atoms with Gasteiger partial charge in [0, 0.05) is 32.9 Å². The minimum Gasteiger partial charge on any atom is -0.385 e. The molecule has 0 radical (unpaired) electrons.